The minimum Gasteiger partial charge on any atom is -0.325 e. The van der Waals surface area contributed by atoms with E-state index in [4.69, 9.17) is 23.2 Å². The van der Waals surface area contributed by atoms with E-state index in [0.717, 1.165) is 10.5 Å². The normalized spacial score (nSPS) is 11.9. The van der Waals surface area contributed by atoms with E-state index in [1.807, 2.05) is 29.0 Å². The molecule has 3 N–H and O–H groups in total. The van der Waals surface area contributed by atoms with Crippen LogP contribution in [0, 0.1) is 0 Å². The fourth-order valence-corrected chi connectivity index (χ4v) is 5.23. The van der Waals surface area contributed by atoms with Gasteiger partial charge in [-0.05, 0) is 83.9 Å². The van der Waals surface area contributed by atoms with Gasteiger partial charge in [-0.25, -0.2) is 0 Å². The van der Waals surface area contributed by atoms with Gasteiger partial charge in [0, 0.05) is 21.8 Å². The van der Waals surface area contributed by atoms with Crippen molar-refractivity contribution >= 4 is 81.5 Å². The first-order chi connectivity index (χ1) is 18.8. The van der Waals surface area contributed by atoms with E-state index in [0.29, 0.717) is 27.0 Å². The minimum atomic E-state index is -0.474. The van der Waals surface area contributed by atoms with E-state index in [1.165, 1.54) is 23.1 Å². The lowest BCUT2D eigenvalue weighted by Crippen LogP contribution is -2.30. The van der Waals surface area contributed by atoms with Crippen molar-refractivity contribution in [3.63, 3.8) is 0 Å². The first kappa shape index (κ1) is 28.4. The Labute approximate surface area is 244 Å². The second kappa shape index (κ2) is 13.5. The summed E-state index contributed by atoms with van der Waals surface area (Å²) in [5.74, 6) is -1.08. The van der Waals surface area contributed by atoms with Crippen LogP contribution in [0.2, 0.25) is 10.0 Å². The van der Waals surface area contributed by atoms with Gasteiger partial charge in [-0.1, -0.05) is 47.5 Å². The summed E-state index contributed by atoms with van der Waals surface area (Å²) in [5.41, 5.74) is 2.41. The number of halogens is 2. The molecule has 39 heavy (non-hydrogen) atoms. The zero-order valence-electron chi connectivity index (χ0n) is 20.6. The van der Waals surface area contributed by atoms with Crippen molar-refractivity contribution in [1.82, 2.24) is 5.32 Å². The predicted octanol–water partition coefficient (Wildman–Crippen LogP) is 7.58. The molecule has 1 atom stereocenters. The monoisotopic (exact) mass is 595 g/mol. The number of hydrogen-bond acceptors (Lipinski definition) is 5. The number of anilines is 2. The molecule has 4 aromatic rings. The zero-order valence-corrected chi connectivity index (χ0v) is 23.8. The van der Waals surface area contributed by atoms with Crippen LogP contribution in [0.1, 0.15) is 22.8 Å². The number of carbonyl (C=O) groups is 3. The molecule has 1 heterocycles. The maximum atomic E-state index is 13.2. The van der Waals surface area contributed by atoms with Gasteiger partial charge in [0.25, 0.3) is 11.8 Å². The summed E-state index contributed by atoms with van der Waals surface area (Å²) in [7, 11) is 0. The minimum absolute atomic E-state index is 0.106. The molecule has 3 amide bonds. The third-order valence-electron chi connectivity index (χ3n) is 5.34. The first-order valence-electron chi connectivity index (χ1n) is 11.7. The van der Waals surface area contributed by atoms with Crippen molar-refractivity contribution in [1.29, 1.82) is 0 Å². The Bertz CT molecular complexity index is 1510. The van der Waals surface area contributed by atoms with Gasteiger partial charge < -0.3 is 16.0 Å². The predicted molar refractivity (Wildman–Crippen MR) is 162 cm³/mol. The van der Waals surface area contributed by atoms with Crippen LogP contribution in [0.3, 0.4) is 0 Å². The maximum absolute atomic E-state index is 13.2. The lowest BCUT2D eigenvalue weighted by Gasteiger charge is -2.14. The van der Waals surface area contributed by atoms with Crippen molar-refractivity contribution in [2.24, 2.45) is 0 Å². The van der Waals surface area contributed by atoms with Crippen molar-refractivity contribution in [2.45, 2.75) is 17.1 Å². The lowest BCUT2D eigenvalue weighted by molar-refractivity contribution is -0.115. The van der Waals surface area contributed by atoms with Crippen LogP contribution in [-0.4, -0.2) is 23.0 Å². The largest absolute Gasteiger partial charge is 0.325 e. The molecule has 0 saturated heterocycles. The topological polar surface area (TPSA) is 87.3 Å². The molecule has 1 aromatic heterocycles. The molecule has 3 aromatic carbocycles. The van der Waals surface area contributed by atoms with E-state index in [-0.39, 0.29) is 11.6 Å². The Balaban J connectivity index is 1.44. The van der Waals surface area contributed by atoms with E-state index in [9.17, 15) is 14.4 Å². The molecule has 0 aliphatic rings. The SMILES string of the molecule is CC(Sc1cccc(NC(=O)/C(=C/c2ccsc2)NC(=O)c2ccccc2)c1)C(=O)Nc1ccc(Cl)c(Cl)c1. The number of nitrogens with one attached hydrogen (secondary N) is 3. The molecule has 0 aliphatic heterocycles. The van der Waals surface area contributed by atoms with Gasteiger partial charge in [0.2, 0.25) is 5.91 Å². The number of thioether (sulfide) groups is 1. The Morgan fingerprint density at radius 1 is 0.872 bits per heavy atom. The quantitative estimate of drug-likeness (QED) is 0.137. The summed E-state index contributed by atoms with van der Waals surface area (Å²) in [4.78, 5) is 39.5. The molecular weight excluding hydrogens is 573 g/mol. The highest BCUT2D eigenvalue weighted by Gasteiger charge is 2.18. The second-order valence-electron chi connectivity index (χ2n) is 8.30. The van der Waals surface area contributed by atoms with Crippen LogP contribution in [0.15, 0.2) is 100 Å². The fourth-order valence-electron chi connectivity index (χ4n) is 3.39. The zero-order chi connectivity index (χ0) is 27.8. The van der Waals surface area contributed by atoms with Gasteiger partial charge in [0.15, 0.2) is 0 Å². The van der Waals surface area contributed by atoms with Crippen molar-refractivity contribution in [2.75, 3.05) is 10.6 Å². The summed E-state index contributed by atoms with van der Waals surface area (Å²) in [5, 5.41) is 12.5. The number of thiophene rings is 1. The van der Waals surface area contributed by atoms with E-state index in [2.05, 4.69) is 16.0 Å². The molecule has 0 aliphatic carbocycles. The van der Waals surface area contributed by atoms with Gasteiger partial charge in [-0.15, -0.1) is 11.8 Å². The van der Waals surface area contributed by atoms with E-state index < -0.39 is 17.1 Å². The van der Waals surface area contributed by atoms with Crippen LogP contribution in [0.5, 0.6) is 0 Å². The molecular formula is C29H23Cl2N3O3S2. The summed E-state index contributed by atoms with van der Waals surface area (Å²) in [6, 6.07) is 22.6. The van der Waals surface area contributed by atoms with Gasteiger partial charge in [0.1, 0.15) is 5.70 Å². The molecule has 0 bridgehead atoms. The Kier molecular flexibility index (Phi) is 9.84. The van der Waals surface area contributed by atoms with Crippen LogP contribution in [0.25, 0.3) is 6.08 Å². The summed E-state index contributed by atoms with van der Waals surface area (Å²) in [6.45, 7) is 1.78. The van der Waals surface area contributed by atoms with Gasteiger partial charge in [-0.2, -0.15) is 11.3 Å². The van der Waals surface area contributed by atoms with E-state index in [1.54, 1.807) is 73.7 Å². The molecule has 198 valence electrons. The lowest BCUT2D eigenvalue weighted by atomic mass is 10.2. The molecule has 4 rings (SSSR count). The number of amides is 3. The van der Waals surface area contributed by atoms with E-state index >= 15 is 0 Å². The molecule has 0 radical (unpaired) electrons. The molecule has 0 spiro atoms. The molecule has 0 saturated carbocycles. The Morgan fingerprint density at radius 3 is 2.36 bits per heavy atom. The first-order valence-corrected chi connectivity index (χ1v) is 14.3. The van der Waals surface area contributed by atoms with Crippen LogP contribution >= 0.6 is 46.3 Å². The highest BCUT2D eigenvalue weighted by molar-refractivity contribution is 8.00. The van der Waals surface area contributed by atoms with Crippen molar-refractivity contribution < 1.29 is 14.4 Å². The van der Waals surface area contributed by atoms with Crippen LogP contribution in [-0.2, 0) is 9.59 Å². The van der Waals surface area contributed by atoms with Crippen molar-refractivity contribution in [3.05, 3.63) is 116 Å². The maximum Gasteiger partial charge on any atom is 0.272 e. The highest BCUT2D eigenvalue weighted by atomic mass is 35.5. The number of rotatable bonds is 9. The third-order valence-corrected chi connectivity index (χ3v) is 7.88. The van der Waals surface area contributed by atoms with Gasteiger partial charge in [-0.3, -0.25) is 14.4 Å². The standard InChI is InChI=1S/C29H23Cl2N3O3S2/c1-18(27(35)32-22-10-11-24(30)25(31)16-22)39-23-9-5-8-21(15-23)33-29(37)26(14-19-12-13-38-17-19)34-28(36)20-6-3-2-4-7-20/h2-18H,1H3,(H,32,35)(H,33,37)(H,34,36)/b26-14-. The third kappa shape index (κ3) is 8.21. The molecule has 6 nitrogen and oxygen atoms in total. The molecule has 0 fully saturated rings. The number of benzene rings is 3. The average molecular weight is 597 g/mol. The Hall–Kier alpha value is -3.56. The van der Waals surface area contributed by atoms with Gasteiger partial charge in [0.05, 0.1) is 15.3 Å². The highest BCUT2D eigenvalue weighted by Crippen LogP contribution is 2.28. The van der Waals surface area contributed by atoms with Crippen molar-refractivity contribution in [3.8, 4) is 0 Å². The second-order valence-corrected chi connectivity index (χ2v) is 11.3. The smallest absolute Gasteiger partial charge is 0.272 e. The molecule has 1 unspecified atom stereocenters. The number of carbonyl (C=O) groups excluding carboxylic acids is 3. The Morgan fingerprint density at radius 2 is 1.64 bits per heavy atom. The summed E-state index contributed by atoms with van der Waals surface area (Å²) < 4.78 is 0. The fraction of sp³-hybridized carbons (Fsp3) is 0.0690. The number of hydrogen-bond donors (Lipinski definition) is 3. The van der Waals surface area contributed by atoms with Crippen LogP contribution < -0.4 is 16.0 Å². The average Bonchev–Trinajstić information content (AvgIpc) is 3.44. The molecule has 10 heteroatoms. The summed E-state index contributed by atoms with van der Waals surface area (Å²) >= 11 is 14.8. The van der Waals surface area contributed by atoms with Crippen LogP contribution in [0.4, 0.5) is 11.4 Å². The summed E-state index contributed by atoms with van der Waals surface area (Å²) in [6.07, 6.45) is 1.63. The van der Waals surface area contributed by atoms with Gasteiger partial charge >= 0.3 is 0 Å².